The standard InChI is InChI=1S/C21H22O2/c1-2-3-4-5-12-17-21(20(22)23,18-13-8-6-9-14-18)19-15-10-7-11-16-19/h2-4,6-11,13-16H,1,5,12,17H2,(H,22,23). The van der Waals surface area contributed by atoms with Gasteiger partial charge in [-0.05, 0) is 30.4 Å². The average Bonchev–Trinajstić information content (AvgIpc) is 2.59. The number of carbonyl (C=O) groups is 1. The maximum absolute atomic E-state index is 12.3. The van der Waals surface area contributed by atoms with Crippen molar-refractivity contribution in [3.05, 3.63) is 96.6 Å². The second-order valence-corrected chi connectivity index (χ2v) is 5.50. The van der Waals surface area contributed by atoms with Gasteiger partial charge in [-0.3, -0.25) is 4.79 Å². The Hall–Kier alpha value is -2.61. The van der Waals surface area contributed by atoms with E-state index in [0.717, 1.165) is 24.0 Å². The minimum Gasteiger partial charge on any atom is -0.480 e. The van der Waals surface area contributed by atoms with Crippen LogP contribution in [-0.4, -0.2) is 11.1 Å². The summed E-state index contributed by atoms with van der Waals surface area (Å²) in [6.07, 6.45) is 7.83. The normalized spacial score (nSPS) is 11.5. The highest BCUT2D eigenvalue weighted by atomic mass is 16.4. The molecular formula is C21H22O2. The van der Waals surface area contributed by atoms with E-state index in [9.17, 15) is 9.90 Å². The first kappa shape index (κ1) is 16.8. The van der Waals surface area contributed by atoms with Gasteiger partial charge in [-0.2, -0.15) is 0 Å². The Morgan fingerprint density at radius 1 is 1.00 bits per heavy atom. The second-order valence-electron chi connectivity index (χ2n) is 5.50. The molecule has 0 aliphatic carbocycles. The number of carboxylic acid groups (broad SMARTS) is 1. The first-order chi connectivity index (χ1) is 11.2. The van der Waals surface area contributed by atoms with E-state index < -0.39 is 11.4 Å². The first-order valence-corrected chi connectivity index (χ1v) is 7.84. The minimum atomic E-state index is -1.01. The van der Waals surface area contributed by atoms with Gasteiger partial charge in [0, 0.05) is 0 Å². The van der Waals surface area contributed by atoms with Gasteiger partial charge in [0.2, 0.25) is 0 Å². The molecule has 0 saturated carbocycles. The molecule has 2 rings (SSSR count). The highest BCUT2D eigenvalue weighted by Crippen LogP contribution is 2.37. The molecule has 0 bridgehead atoms. The lowest BCUT2D eigenvalue weighted by Gasteiger charge is -2.30. The topological polar surface area (TPSA) is 37.3 Å². The number of rotatable bonds is 8. The first-order valence-electron chi connectivity index (χ1n) is 7.84. The zero-order valence-electron chi connectivity index (χ0n) is 13.2. The smallest absolute Gasteiger partial charge is 0.318 e. The van der Waals surface area contributed by atoms with Crippen LogP contribution in [0, 0.1) is 0 Å². The Labute approximate surface area is 137 Å². The number of aliphatic carboxylic acids is 1. The number of hydrogen-bond donors (Lipinski definition) is 1. The van der Waals surface area contributed by atoms with Crippen LogP contribution in [0.15, 0.2) is 85.5 Å². The van der Waals surface area contributed by atoms with Crippen molar-refractivity contribution >= 4 is 5.97 Å². The molecule has 0 aromatic heterocycles. The summed E-state index contributed by atoms with van der Waals surface area (Å²) in [4.78, 5) is 12.3. The van der Waals surface area contributed by atoms with Crippen LogP contribution < -0.4 is 0 Å². The highest BCUT2D eigenvalue weighted by molar-refractivity contribution is 5.86. The van der Waals surface area contributed by atoms with Gasteiger partial charge >= 0.3 is 5.97 Å². The van der Waals surface area contributed by atoms with E-state index in [2.05, 4.69) is 6.58 Å². The molecule has 0 atom stereocenters. The minimum absolute atomic E-state index is 0.553. The summed E-state index contributed by atoms with van der Waals surface area (Å²) in [5.74, 6) is -0.803. The van der Waals surface area contributed by atoms with E-state index in [1.165, 1.54) is 0 Å². The van der Waals surface area contributed by atoms with Crippen LogP contribution in [0.4, 0.5) is 0 Å². The van der Waals surface area contributed by atoms with Crippen molar-refractivity contribution in [1.29, 1.82) is 0 Å². The predicted molar refractivity (Wildman–Crippen MR) is 94.5 cm³/mol. The van der Waals surface area contributed by atoms with Crippen LogP contribution in [0.2, 0.25) is 0 Å². The van der Waals surface area contributed by atoms with Crippen molar-refractivity contribution in [3.63, 3.8) is 0 Å². The molecule has 118 valence electrons. The maximum Gasteiger partial charge on any atom is 0.318 e. The second kappa shape index (κ2) is 8.14. The predicted octanol–water partition coefficient (Wildman–Crippen LogP) is 4.97. The lowest BCUT2D eigenvalue weighted by Crippen LogP contribution is -2.37. The van der Waals surface area contributed by atoms with Crippen LogP contribution in [0.25, 0.3) is 0 Å². The number of unbranched alkanes of at least 4 members (excludes halogenated alkanes) is 1. The molecule has 0 heterocycles. The van der Waals surface area contributed by atoms with Crippen LogP contribution in [0.5, 0.6) is 0 Å². The van der Waals surface area contributed by atoms with Gasteiger partial charge in [-0.25, -0.2) is 0 Å². The number of allylic oxidation sites excluding steroid dienone is 3. The number of hydrogen-bond acceptors (Lipinski definition) is 1. The molecule has 0 radical (unpaired) electrons. The molecule has 0 aliphatic heterocycles. The lowest BCUT2D eigenvalue weighted by atomic mass is 9.71. The quantitative estimate of drug-likeness (QED) is 0.552. The molecule has 0 saturated heterocycles. The summed E-state index contributed by atoms with van der Waals surface area (Å²) >= 11 is 0. The fourth-order valence-corrected chi connectivity index (χ4v) is 2.93. The summed E-state index contributed by atoms with van der Waals surface area (Å²) < 4.78 is 0. The highest BCUT2D eigenvalue weighted by Gasteiger charge is 2.41. The summed E-state index contributed by atoms with van der Waals surface area (Å²) in [6, 6.07) is 19.0. The van der Waals surface area contributed by atoms with Crippen molar-refractivity contribution in [2.24, 2.45) is 0 Å². The molecule has 2 aromatic carbocycles. The molecular weight excluding hydrogens is 284 g/mol. The van der Waals surface area contributed by atoms with E-state index in [1.807, 2.05) is 72.8 Å². The third-order valence-electron chi connectivity index (χ3n) is 4.09. The summed E-state index contributed by atoms with van der Waals surface area (Å²) in [6.45, 7) is 3.65. The van der Waals surface area contributed by atoms with Gasteiger partial charge in [0.05, 0.1) is 0 Å². The monoisotopic (exact) mass is 306 g/mol. The van der Waals surface area contributed by atoms with Crippen molar-refractivity contribution in [3.8, 4) is 0 Å². The molecule has 23 heavy (non-hydrogen) atoms. The Morgan fingerprint density at radius 2 is 1.52 bits per heavy atom. The summed E-state index contributed by atoms with van der Waals surface area (Å²) in [7, 11) is 0. The van der Waals surface area contributed by atoms with Gasteiger partial charge in [0.25, 0.3) is 0 Å². The van der Waals surface area contributed by atoms with Gasteiger partial charge in [-0.15, -0.1) is 0 Å². The molecule has 0 aliphatic rings. The van der Waals surface area contributed by atoms with Crippen LogP contribution in [-0.2, 0) is 10.2 Å². The third-order valence-corrected chi connectivity index (χ3v) is 4.09. The number of benzene rings is 2. The maximum atomic E-state index is 12.3. The van der Waals surface area contributed by atoms with Crippen LogP contribution in [0.3, 0.4) is 0 Å². The van der Waals surface area contributed by atoms with E-state index >= 15 is 0 Å². The number of carboxylic acids is 1. The van der Waals surface area contributed by atoms with Crippen molar-refractivity contribution in [2.75, 3.05) is 0 Å². The van der Waals surface area contributed by atoms with Crippen molar-refractivity contribution < 1.29 is 9.90 Å². The molecule has 0 spiro atoms. The van der Waals surface area contributed by atoms with Crippen LogP contribution in [0.1, 0.15) is 30.4 Å². The Balaban J connectivity index is 2.42. The Morgan fingerprint density at radius 3 is 1.96 bits per heavy atom. The van der Waals surface area contributed by atoms with Crippen molar-refractivity contribution in [1.82, 2.24) is 0 Å². The van der Waals surface area contributed by atoms with Gasteiger partial charge < -0.3 is 5.11 Å². The fraction of sp³-hybridized carbons (Fsp3) is 0.190. The molecule has 0 amide bonds. The largest absolute Gasteiger partial charge is 0.480 e. The van der Waals surface area contributed by atoms with Crippen molar-refractivity contribution in [2.45, 2.75) is 24.7 Å². The Kier molecular flexibility index (Phi) is 5.93. The van der Waals surface area contributed by atoms with Gasteiger partial charge in [-0.1, -0.05) is 85.5 Å². The van der Waals surface area contributed by atoms with E-state index in [-0.39, 0.29) is 0 Å². The fourth-order valence-electron chi connectivity index (χ4n) is 2.93. The zero-order valence-corrected chi connectivity index (χ0v) is 13.2. The Bertz CT molecular complexity index is 617. The zero-order chi connectivity index (χ0) is 16.5. The van der Waals surface area contributed by atoms with E-state index in [1.54, 1.807) is 6.08 Å². The third kappa shape index (κ3) is 3.78. The molecule has 1 N–H and O–H groups in total. The van der Waals surface area contributed by atoms with Gasteiger partial charge in [0.1, 0.15) is 5.41 Å². The molecule has 2 heteroatoms. The summed E-state index contributed by atoms with van der Waals surface area (Å²) in [5.41, 5.74) is 0.641. The SMILES string of the molecule is C=CC=CCCCC(C(=O)O)(c1ccccc1)c1ccccc1. The molecule has 0 unspecified atom stereocenters. The molecule has 2 aromatic rings. The average molecular weight is 306 g/mol. The van der Waals surface area contributed by atoms with E-state index in [0.29, 0.717) is 6.42 Å². The van der Waals surface area contributed by atoms with Crippen LogP contribution >= 0.6 is 0 Å². The lowest BCUT2D eigenvalue weighted by molar-refractivity contribution is -0.142. The molecule has 2 nitrogen and oxygen atoms in total. The summed E-state index contributed by atoms with van der Waals surface area (Å²) in [5, 5.41) is 10.1. The van der Waals surface area contributed by atoms with E-state index in [4.69, 9.17) is 0 Å². The van der Waals surface area contributed by atoms with Gasteiger partial charge in [0.15, 0.2) is 0 Å². The molecule has 0 fully saturated rings.